The molecule has 0 bridgehead atoms. The van der Waals surface area contributed by atoms with Gasteiger partial charge in [0.25, 0.3) is 0 Å². The highest BCUT2D eigenvalue weighted by atomic mass is 19.1. The number of carbonyl (C=O) groups is 3. The van der Waals surface area contributed by atoms with Crippen molar-refractivity contribution in [3.63, 3.8) is 0 Å². The number of pyridine rings is 1. The first-order valence-corrected chi connectivity index (χ1v) is 14.4. The van der Waals surface area contributed by atoms with Crippen molar-refractivity contribution in [3.8, 4) is 23.0 Å². The van der Waals surface area contributed by atoms with Crippen LogP contribution in [0.1, 0.15) is 38.5 Å². The topological polar surface area (TPSA) is 171 Å². The molecule has 5 rings (SSSR count). The van der Waals surface area contributed by atoms with E-state index in [1.807, 2.05) is 0 Å². The lowest BCUT2D eigenvalue weighted by molar-refractivity contribution is -0.137. The van der Waals surface area contributed by atoms with Crippen LogP contribution >= 0.6 is 0 Å². The number of hydrogen-bond acceptors (Lipinski definition) is 8. The van der Waals surface area contributed by atoms with Gasteiger partial charge in [-0.1, -0.05) is 0 Å². The van der Waals surface area contributed by atoms with Crippen molar-refractivity contribution in [1.82, 2.24) is 11.1 Å². The number of nitrogens with zero attached hydrogens (tertiary/aromatic N) is 1. The standard InChI is InChI=1S/C33H31F2N3O7.H3N/c1-43-28-18-23-25(19-29(28)44-16-4-2-3-5-30(39)40)36-15-12-26(23)45-27-11-10-22(17-24(27)35)38-32(42)33(13-14-33)31(41)37-21-8-6-20(34)7-9-21;/h6-12,15,17-19H,2-5,13-14,16H2,1H3,(H,37,41)(H,38,42)(H,39,40);1H3. The summed E-state index contributed by atoms with van der Waals surface area (Å²) in [6.45, 7) is 0.367. The van der Waals surface area contributed by atoms with Gasteiger partial charge >= 0.3 is 5.97 Å². The largest absolute Gasteiger partial charge is 0.493 e. The fraction of sp³-hybridized carbons (Fsp3) is 0.273. The summed E-state index contributed by atoms with van der Waals surface area (Å²) in [6.07, 6.45) is 4.23. The van der Waals surface area contributed by atoms with E-state index < -0.39 is 34.8 Å². The molecule has 0 atom stereocenters. The Morgan fingerprint density at radius 2 is 1.54 bits per heavy atom. The number of methoxy groups -OCH3 is 1. The van der Waals surface area contributed by atoms with Crippen LogP contribution < -0.4 is 31.0 Å². The fourth-order valence-electron chi connectivity index (χ4n) is 4.72. The van der Waals surface area contributed by atoms with Gasteiger partial charge < -0.3 is 36.1 Å². The molecule has 0 unspecified atom stereocenters. The van der Waals surface area contributed by atoms with Crippen molar-refractivity contribution in [3.05, 3.63) is 78.5 Å². The summed E-state index contributed by atoms with van der Waals surface area (Å²) in [5.41, 5.74) is -0.260. The van der Waals surface area contributed by atoms with Crippen molar-refractivity contribution in [1.29, 1.82) is 0 Å². The minimum absolute atomic E-state index is 0. The molecule has 46 heavy (non-hydrogen) atoms. The zero-order valence-electron chi connectivity index (χ0n) is 25.1. The molecule has 4 aromatic rings. The van der Waals surface area contributed by atoms with E-state index in [-0.39, 0.29) is 24.0 Å². The number of hydrogen-bond donors (Lipinski definition) is 4. The highest BCUT2D eigenvalue weighted by Crippen LogP contribution is 2.47. The Hall–Kier alpha value is -5.30. The van der Waals surface area contributed by atoms with Crippen molar-refractivity contribution in [2.24, 2.45) is 5.41 Å². The van der Waals surface area contributed by atoms with Gasteiger partial charge in [-0.15, -0.1) is 0 Å². The molecular weight excluding hydrogens is 602 g/mol. The molecule has 2 amide bonds. The van der Waals surface area contributed by atoms with Gasteiger partial charge in [-0.25, -0.2) is 8.78 Å². The van der Waals surface area contributed by atoms with Crippen LogP contribution in [0, 0.1) is 17.0 Å². The quantitative estimate of drug-likeness (QED) is 0.0853. The van der Waals surface area contributed by atoms with Crippen molar-refractivity contribution < 1.29 is 42.5 Å². The molecule has 242 valence electrons. The van der Waals surface area contributed by atoms with Gasteiger partial charge in [-0.2, -0.15) is 0 Å². The van der Waals surface area contributed by atoms with E-state index in [0.29, 0.717) is 72.5 Å². The second kappa shape index (κ2) is 14.7. The molecule has 0 saturated heterocycles. The normalized spacial score (nSPS) is 12.8. The number of carbonyl (C=O) groups excluding carboxylic acids is 2. The third-order valence-electron chi connectivity index (χ3n) is 7.41. The van der Waals surface area contributed by atoms with Gasteiger partial charge in [0.15, 0.2) is 23.1 Å². The molecular formula is C33H34F2N4O7. The van der Waals surface area contributed by atoms with Crippen LogP contribution in [0.3, 0.4) is 0 Å². The van der Waals surface area contributed by atoms with Crippen LogP contribution in [0.15, 0.2) is 66.9 Å². The number of aromatic nitrogens is 1. The Balaban J connectivity index is 0.00000480. The Bertz CT molecular complexity index is 1730. The number of fused-ring (bicyclic) bond motifs is 1. The van der Waals surface area contributed by atoms with E-state index >= 15 is 4.39 Å². The van der Waals surface area contributed by atoms with Crippen LogP contribution in [-0.2, 0) is 14.4 Å². The zero-order valence-corrected chi connectivity index (χ0v) is 25.1. The average molecular weight is 637 g/mol. The van der Waals surface area contributed by atoms with Crippen molar-refractivity contribution >= 4 is 40.1 Å². The number of halogens is 2. The molecule has 0 aliphatic heterocycles. The zero-order chi connectivity index (χ0) is 32.0. The number of unbranched alkanes of at least 4 members (excludes halogenated alkanes) is 2. The van der Waals surface area contributed by atoms with E-state index in [1.165, 1.54) is 49.7 Å². The maximum atomic E-state index is 15.2. The van der Waals surface area contributed by atoms with Crippen molar-refractivity contribution in [2.45, 2.75) is 38.5 Å². The third kappa shape index (κ3) is 7.85. The Kier molecular flexibility index (Phi) is 10.7. The molecule has 1 heterocycles. The molecule has 0 radical (unpaired) electrons. The average Bonchev–Trinajstić information content (AvgIpc) is 3.83. The van der Waals surface area contributed by atoms with E-state index in [4.69, 9.17) is 19.3 Å². The maximum absolute atomic E-state index is 15.2. The van der Waals surface area contributed by atoms with Gasteiger partial charge in [0.2, 0.25) is 11.8 Å². The molecule has 6 N–H and O–H groups in total. The Labute approximate surface area is 263 Å². The molecule has 11 nitrogen and oxygen atoms in total. The number of amides is 2. The molecule has 3 aromatic carbocycles. The number of rotatable bonds is 14. The van der Waals surface area contributed by atoms with E-state index in [2.05, 4.69) is 15.6 Å². The summed E-state index contributed by atoms with van der Waals surface area (Å²) in [5, 5.41) is 14.6. The summed E-state index contributed by atoms with van der Waals surface area (Å²) in [5.74, 6) is -2.02. The minimum atomic E-state index is -1.29. The van der Waals surface area contributed by atoms with Crippen LogP contribution in [0.4, 0.5) is 20.2 Å². The lowest BCUT2D eigenvalue weighted by atomic mass is 10.0. The molecule has 1 aliphatic rings. The monoisotopic (exact) mass is 636 g/mol. The molecule has 1 aliphatic carbocycles. The van der Waals surface area contributed by atoms with Gasteiger partial charge in [-0.3, -0.25) is 19.4 Å². The van der Waals surface area contributed by atoms with E-state index in [9.17, 15) is 18.8 Å². The van der Waals surface area contributed by atoms with Gasteiger partial charge in [0.1, 0.15) is 17.0 Å². The number of ether oxygens (including phenoxy) is 3. The predicted octanol–water partition coefficient (Wildman–Crippen LogP) is 6.86. The number of carboxylic acid groups (broad SMARTS) is 1. The van der Waals surface area contributed by atoms with Crippen LogP contribution in [-0.4, -0.2) is 41.6 Å². The van der Waals surface area contributed by atoms with E-state index in [1.54, 1.807) is 18.2 Å². The third-order valence-corrected chi connectivity index (χ3v) is 7.41. The number of nitrogens with one attached hydrogen (secondary N) is 2. The first-order chi connectivity index (χ1) is 21.7. The highest BCUT2D eigenvalue weighted by Gasteiger charge is 2.56. The summed E-state index contributed by atoms with van der Waals surface area (Å²) in [6, 6.07) is 14.1. The second-order valence-corrected chi connectivity index (χ2v) is 10.6. The number of anilines is 2. The van der Waals surface area contributed by atoms with Gasteiger partial charge in [-0.05, 0) is 80.6 Å². The van der Waals surface area contributed by atoms with Gasteiger partial charge in [0.05, 0.1) is 19.2 Å². The maximum Gasteiger partial charge on any atom is 0.303 e. The Morgan fingerprint density at radius 1 is 0.848 bits per heavy atom. The molecule has 1 aromatic heterocycles. The molecule has 13 heteroatoms. The Morgan fingerprint density at radius 3 is 2.20 bits per heavy atom. The van der Waals surface area contributed by atoms with Gasteiger partial charge in [0, 0.05) is 41.5 Å². The number of aliphatic carboxylic acids is 1. The van der Waals surface area contributed by atoms with Crippen molar-refractivity contribution in [2.75, 3.05) is 24.4 Å². The van der Waals surface area contributed by atoms with Crippen LogP contribution in [0.25, 0.3) is 10.9 Å². The predicted molar refractivity (Wildman–Crippen MR) is 167 cm³/mol. The van der Waals surface area contributed by atoms with Crippen LogP contribution in [0.5, 0.6) is 23.0 Å². The lowest BCUT2D eigenvalue weighted by Gasteiger charge is -2.16. The second-order valence-electron chi connectivity index (χ2n) is 10.6. The first-order valence-electron chi connectivity index (χ1n) is 14.4. The first kappa shape index (κ1) is 33.6. The number of carboxylic acids is 1. The van der Waals surface area contributed by atoms with Crippen LogP contribution in [0.2, 0.25) is 0 Å². The fourth-order valence-corrected chi connectivity index (χ4v) is 4.72. The summed E-state index contributed by atoms with van der Waals surface area (Å²) >= 11 is 0. The molecule has 1 fully saturated rings. The minimum Gasteiger partial charge on any atom is -0.493 e. The molecule has 0 spiro atoms. The highest BCUT2D eigenvalue weighted by molar-refractivity contribution is 6.16. The molecule has 1 saturated carbocycles. The smallest absolute Gasteiger partial charge is 0.303 e. The summed E-state index contributed by atoms with van der Waals surface area (Å²) in [7, 11) is 1.49. The van der Waals surface area contributed by atoms with E-state index in [0.717, 1.165) is 6.07 Å². The summed E-state index contributed by atoms with van der Waals surface area (Å²) < 4.78 is 45.6. The SMILES string of the molecule is COc1cc2c(Oc3ccc(NC(=O)C4(C(=O)Nc5ccc(F)cc5)CC4)cc3F)ccnc2cc1OCCCCCC(=O)O.N. The summed E-state index contributed by atoms with van der Waals surface area (Å²) in [4.78, 5) is 40.9. The number of benzene rings is 3. The lowest BCUT2D eigenvalue weighted by Crippen LogP contribution is -2.35.